The molecular weight excluding hydrogens is 267 g/mol. The van der Waals surface area contributed by atoms with Crippen LogP contribution in [0.15, 0.2) is 48.7 Å². The van der Waals surface area contributed by atoms with Crippen molar-refractivity contribution < 1.29 is 9.18 Å². The number of aromatic nitrogens is 1. The van der Waals surface area contributed by atoms with Gasteiger partial charge in [0.05, 0.1) is 5.56 Å². The van der Waals surface area contributed by atoms with E-state index in [1.165, 1.54) is 12.1 Å². The molecule has 3 aromatic rings. The van der Waals surface area contributed by atoms with Gasteiger partial charge in [0.2, 0.25) is 0 Å². The number of pyridine rings is 1. The van der Waals surface area contributed by atoms with Gasteiger partial charge in [-0.05, 0) is 36.1 Å². The van der Waals surface area contributed by atoms with Crippen LogP contribution in [-0.4, -0.2) is 10.8 Å². The molecule has 0 unspecified atom stereocenters. The Morgan fingerprint density at radius 2 is 1.81 bits per heavy atom. The maximum absolute atomic E-state index is 13.8. The van der Waals surface area contributed by atoms with Crippen LogP contribution < -0.4 is 5.73 Å². The van der Waals surface area contributed by atoms with Crippen molar-refractivity contribution in [2.75, 3.05) is 5.73 Å². The first kappa shape index (κ1) is 13.2. The molecule has 4 heteroatoms. The molecular formula is C17H13FN2O. The van der Waals surface area contributed by atoms with Crippen molar-refractivity contribution >= 4 is 22.4 Å². The highest BCUT2D eigenvalue weighted by Crippen LogP contribution is 2.26. The molecule has 1 aromatic heterocycles. The Morgan fingerprint density at radius 3 is 2.52 bits per heavy atom. The Hall–Kier alpha value is -2.75. The lowest BCUT2D eigenvalue weighted by molar-refractivity contribution is 0.104. The SMILES string of the molecule is Cc1ccnc(N)c1C(=O)c1ccc(F)c2ccccc12. The largest absolute Gasteiger partial charge is 0.383 e. The van der Waals surface area contributed by atoms with Gasteiger partial charge in [0.25, 0.3) is 0 Å². The lowest BCUT2D eigenvalue weighted by Gasteiger charge is -2.10. The number of hydrogen-bond donors (Lipinski definition) is 1. The summed E-state index contributed by atoms with van der Waals surface area (Å²) >= 11 is 0. The van der Waals surface area contributed by atoms with Gasteiger partial charge in [0.15, 0.2) is 5.78 Å². The highest BCUT2D eigenvalue weighted by atomic mass is 19.1. The van der Waals surface area contributed by atoms with E-state index >= 15 is 0 Å². The van der Waals surface area contributed by atoms with E-state index in [4.69, 9.17) is 5.73 Å². The minimum atomic E-state index is -0.349. The first-order valence-electron chi connectivity index (χ1n) is 6.52. The summed E-state index contributed by atoms with van der Waals surface area (Å²) in [6.45, 7) is 1.80. The third-order valence-electron chi connectivity index (χ3n) is 3.53. The molecule has 0 aliphatic rings. The second-order valence-electron chi connectivity index (χ2n) is 4.86. The van der Waals surface area contributed by atoms with E-state index in [1.54, 1.807) is 43.5 Å². The Bertz CT molecular complexity index is 838. The zero-order valence-electron chi connectivity index (χ0n) is 11.4. The Kier molecular flexibility index (Phi) is 3.14. The summed E-state index contributed by atoms with van der Waals surface area (Å²) in [4.78, 5) is 16.7. The van der Waals surface area contributed by atoms with Crippen molar-refractivity contribution in [1.29, 1.82) is 0 Å². The zero-order chi connectivity index (χ0) is 15.0. The van der Waals surface area contributed by atoms with Gasteiger partial charge in [-0.1, -0.05) is 24.3 Å². The number of aryl methyl sites for hydroxylation is 1. The highest BCUT2D eigenvalue weighted by molar-refractivity contribution is 6.18. The second-order valence-corrected chi connectivity index (χ2v) is 4.86. The average molecular weight is 280 g/mol. The highest BCUT2D eigenvalue weighted by Gasteiger charge is 2.18. The van der Waals surface area contributed by atoms with Crippen molar-refractivity contribution in [3.05, 3.63) is 71.2 Å². The summed E-state index contributed by atoms with van der Waals surface area (Å²) in [5, 5.41) is 0.994. The lowest BCUT2D eigenvalue weighted by Crippen LogP contribution is -2.10. The topological polar surface area (TPSA) is 56.0 Å². The number of rotatable bonds is 2. The summed E-state index contributed by atoms with van der Waals surface area (Å²) < 4.78 is 13.8. The first-order chi connectivity index (χ1) is 10.1. The Labute approximate surface area is 121 Å². The van der Waals surface area contributed by atoms with E-state index in [2.05, 4.69) is 4.98 Å². The van der Waals surface area contributed by atoms with E-state index in [9.17, 15) is 9.18 Å². The molecule has 3 rings (SSSR count). The number of carbonyl (C=O) groups excluding carboxylic acids is 1. The molecule has 0 amide bonds. The molecule has 0 saturated carbocycles. The number of nitrogens with zero attached hydrogens (tertiary/aromatic N) is 1. The van der Waals surface area contributed by atoms with Crippen LogP contribution in [0.3, 0.4) is 0 Å². The van der Waals surface area contributed by atoms with Gasteiger partial charge in [-0.3, -0.25) is 4.79 Å². The van der Waals surface area contributed by atoms with Gasteiger partial charge in [-0.25, -0.2) is 9.37 Å². The number of nitrogen functional groups attached to an aromatic ring is 1. The van der Waals surface area contributed by atoms with Crippen LogP contribution in [0, 0.1) is 12.7 Å². The molecule has 0 spiro atoms. The molecule has 0 aliphatic heterocycles. The van der Waals surface area contributed by atoms with Gasteiger partial charge >= 0.3 is 0 Å². The van der Waals surface area contributed by atoms with Crippen LogP contribution in [0.2, 0.25) is 0 Å². The minimum Gasteiger partial charge on any atom is -0.383 e. The summed E-state index contributed by atoms with van der Waals surface area (Å²) in [5.74, 6) is -0.402. The predicted octanol–water partition coefficient (Wildman–Crippen LogP) is 3.50. The predicted molar refractivity (Wildman–Crippen MR) is 80.7 cm³/mol. The molecule has 0 bridgehead atoms. The monoisotopic (exact) mass is 280 g/mol. The maximum Gasteiger partial charge on any atom is 0.197 e. The molecule has 2 N–H and O–H groups in total. The van der Waals surface area contributed by atoms with Gasteiger partial charge < -0.3 is 5.73 Å². The molecule has 21 heavy (non-hydrogen) atoms. The van der Waals surface area contributed by atoms with E-state index in [1.807, 2.05) is 0 Å². The number of benzene rings is 2. The fourth-order valence-corrected chi connectivity index (χ4v) is 2.47. The molecule has 2 aromatic carbocycles. The number of carbonyl (C=O) groups is 1. The van der Waals surface area contributed by atoms with Crippen molar-refractivity contribution in [3.8, 4) is 0 Å². The molecule has 0 saturated heterocycles. The molecule has 0 atom stereocenters. The molecule has 3 nitrogen and oxygen atoms in total. The first-order valence-corrected chi connectivity index (χ1v) is 6.52. The fourth-order valence-electron chi connectivity index (χ4n) is 2.47. The van der Waals surface area contributed by atoms with E-state index in [0.29, 0.717) is 21.9 Å². The van der Waals surface area contributed by atoms with Crippen molar-refractivity contribution in [3.63, 3.8) is 0 Å². The molecule has 1 heterocycles. The van der Waals surface area contributed by atoms with Gasteiger partial charge in [0, 0.05) is 17.1 Å². The average Bonchev–Trinajstić information content (AvgIpc) is 2.47. The quantitative estimate of drug-likeness (QED) is 0.731. The smallest absolute Gasteiger partial charge is 0.197 e. The molecule has 0 radical (unpaired) electrons. The molecule has 104 valence electrons. The van der Waals surface area contributed by atoms with Crippen molar-refractivity contribution in [1.82, 2.24) is 4.98 Å². The third-order valence-corrected chi connectivity index (χ3v) is 3.53. The van der Waals surface area contributed by atoms with Crippen LogP contribution in [0.1, 0.15) is 21.5 Å². The van der Waals surface area contributed by atoms with Crippen LogP contribution in [-0.2, 0) is 0 Å². The summed E-state index contributed by atoms with van der Waals surface area (Å²) in [7, 11) is 0. The van der Waals surface area contributed by atoms with Crippen molar-refractivity contribution in [2.45, 2.75) is 6.92 Å². The van der Waals surface area contributed by atoms with Crippen molar-refractivity contribution in [2.24, 2.45) is 0 Å². The van der Waals surface area contributed by atoms with Crippen LogP contribution in [0.25, 0.3) is 10.8 Å². The van der Waals surface area contributed by atoms with Gasteiger partial charge in [0.1, 0.15) is 11.6 Å². The maximum atomic E-state index is 13.8. The number of anilines is 1. The fraction of sp³-hybridized carbons (Fsp3) is 0.0588. The summed E-state index contributed by atoms with van der Waals surface area (Å²) in [5.41, 5.74) is 7.37. The minimum absolute atomic E-state index is 0.188. The Morgan fingerprint density at radius 1 is 1.10 bits per heavy atom. The number of hydrogen-bond acceptors (Lipinski definition) is 3. The van der Waals surface area contributed by atoms with E-state index in [0.717, 1.165) is 5.56 Å². The molecule has 0 fully saturated rings. The molecule has 0 aliphatic carbocycles. The normalized spacial score (nSPS) is 10.8. The number of halogens is 1. The van der Waals surface area contributed by atoms with Crippen LogP contribution in [0.5, 0.6) is 0 Å². The summed E-state index contributed by atoms with van der Waals surface area (Å²) in [6, 6.07) is 11.4. The van der Waals surface area contributed by atoms with Gasteiger partial charge in [-0.2, -0.15) is 0 Å². The zero-order valence-corrected chi connectivity index (χ0v) is 11.4. The lowest BCUT2D eigenvalue weighted by atomic mass is 9.95. The van der Waals surface area contributed by atoms with E-state index < -0.39 is 0 Å². The van der Waals surface area contributed by atoms with E-state index in [-0.39, 0.29) is 17.4 Å². The van der Waals surface area contributed by atoms with Gasteiger partial charge in [-0.15, -0.1) is 0 Å². The van der Waals surface area contributed by atoms with Crippen LogP contribution >= 0.6 is 0 Å². The second kappa shape index (κ2) is 4.98. The third kappa shape index (κ3) is 2.14. The Balaban J connectivity index is 2.26. The standard InChI is InChI=1S/C17H13FN2O/c1-10-8-9-20-17(19)15(10)16(21)13-6-7-14(18)12-5-3-2-4-11(12)13/h2-9H,1H3,(H2,19,20). The van der Waals surface area contributed by atoms with Crippen LogP contribution in [0.4, 0.5) is 10.2 Å². The number of fused-ring (bicyclic) bond motifs is 1. The summed E-state index contributed by atoms with van der Waals surface area (Å²) in [6.07, 6.45) is 1.56. The number of nitrogens with two attached hydrogens (primary N) is 1. The number of ketones is 1.